The fourth-order valence-corrected chi connectivity index (χ4v) is 3.68. The zero-order chi connectivity index (χ0) is 21.0. The van der Waals surface area contributed by atoms with Crippen molar-refractivity contribution in [2.24, 2.45) is 0 Å². The number of ketones is 1. The molecule has 0 amide bonds. The van der Waals surface area contributed by atoms with Gasteiger partial charge in [0, 0.05) is 5.56 Å². The average molecular weight is 534 g/mol. The quantitative estimate of drug-likeness (QED) is 0.388. The monoisotopic (exact) mass is 532 g/mol. The molecule has 0 spiro atoms. The molecule has 0 atom stereocenters. The first-order valence-electron chi connectivity index (χ1n) is 7.35. The highest BCUT2D eigenvalue weighted by Crippen LogP contribution is 2.36. The van der Waals surface area contributed by atoms with E-state index in [9.17, 15) is 23.2 Å². The van der Waals surface area contributed by atoms with Crippen molar-refractivity contribution >= 4 is 61.3 Å². The third-order valence-electron chi connectivity index (χ3n) is 2.71. The molecule has 0 saturated carbocycles. The van der Waals surface area contributed by atoms with Gasteiger partial charge in [-0.2, -0.15) is 8.78 Å². The summed E-state index contributed by atoms with van der Waals surface area (Å²) in [5.74, 6) is -4.10. The first-order valence-corrected chi connectivity index (χ1v) is 9.92. The van der Waals surface area contributed by atoms with Gasteiger partial charge in [0.2, 0.25) is 0 Å². The van der Waals surface area contributed by atoms with Crippen LogP contribution in [0.4, 0.5) is 8.78 Å². The van der Waals surface area contributed by atoms with Crippen LogP contribution < -0.4 is 4.74 Å². The van der Waals surface area contributed by atoms with Crippen LogP contribution in [0, 0.1) is 0 Å². The van der Waals surface area contributed by atoms with Crippen LogP contribution in [0.25, 0.3) is 0 Å². The van der Waals surface area contributed by atoms with Crippen LogP contribution in [-0.2, 0) is 14.3 Å². The Kier molecular flexibility index (Phi) is 8.24. The molecule has 0 aliphatic rings. The fourth-order valence-electron chi connectivity index (χ4n) is 1.66. The molecule has 150 valence electrons. The van der Waals surface area contributed by atoms with Crippen LogP contribution in [0.5, 0.6) is 5.75 Å². The number of alkyl halides is 2. The molecule has 1 aromatic carbocycles. The first kappa shape index (κ1) is 23.8. The molecule has 0 fully saturated rings. The molecule has 0 aromatic heterocycles. The molecule has 27 heavy (non-hydrogen) atoms. The molecule has 6 nitrogen and oxygen atoms in total. The van der Waals surface area contributed by atoms with E-state index in [0.29, 0.717) is 8.95 Å². The van der Waals surface area contributed by atoms with E-state index in [4.69, 9.17) is 14.6 Å². The third kappa shape index (κ3) is 7.74. The normalized spacial score (nSPS) is 11.8. The number of carbonyl (C=O) groups excluding carboxylic acids is 2. The number of carboxylic acid groups (broad SMARTS) is 1. The zero-order valence-electron chi connectivity index (χ0n) is 14.5. The maximum atomic E-state index is 13.1. The lowest BCUT2D eigenvalue weighted by Gasteiger charge is -2.20. The number of halogens is 4. The SMILES string of the molecule is CC(C)(C)OC(=O)COc1c(Br)cc(C(=O)CSC(F)(F)C(=O)O)cc1Br. The van der Waals surface area contributed by atoms with Crippen molar-refractivity contribution in [1.82, 2.24) is 0 Å². The Labute approximate surface area is 175 Å². The highest BCUT2D eigenvalue weighted by Gasteiger charge is 2.40. The van der Waals surface area contributed by atoms with E-state index in [1.54, 1.807) is 20.8 Å². The number of carbonyl (C=O) groups is 3. The number of rotatable bonds is 8. The van der Waals surface area contributed by atoms with Gasteiger partial charge in [-0.05, 0) is 64.8 Å². The van der Waals surface area contributed by atoms with E-state index >= 15 is 0 Å². The fraction of sp³-hybridized carbons (Fsp3) is 0.438. The maximum absolute atomic E-state index is 13.1. The second kappa shape index (κ2) is 9.33. The Balaban J connectivity index is 2.81. The van der Waals surface area contributed by atoms with Gasteiger partial charge in [0.25, 0.3) is 0 Å². The standard InChI is InChI=1S/C16H16Br2F2O6S/c1-15(2,3)26-12(22)6-25-13-9(17)4-8(5-10(13)18)11(21)7-27-16(19,20)14(23)24/h4-5H,6-7H2,1-3H3,(H,23,24). The van der Waals surface area contributed by atoms with Gasteiger partial charge in [0.1, 0.15) is 11.4 Å². The van der Waals surface area contributed by atoms with Gasteiger partial charge in [0.05, 0.1) is 14.7 Å². The molecule has 0 aliphatic heterocycles. The predicted molar refractivity (Wildman–Crippen MR) is 103 cm³/mol. The molecule has 0 heterocycles. The molecule has 0 aliphatic carbocycles. The topological polar surface area (TPSA) is 89.9 Å². The summed E-state index contributed by atoms with van der Waals surface area (Å²) in [6.07, 6.45) is 0. The number of hydrogen-bond acceptors (Lipinski definition) is 6. The summed E-state index contributed by atoms with van der Waals surface area (Å²) in [7, 11) is 0. The number of benzene rings is 1. The van der Waals surface area contributed by atoms with Crippen molar-refractivity contribution in [3.8, 4) is 5.75 Å². The van der Waals surface area contributed by atoms with Gasteiger partial charge in [0.15, 0.2) is 12.4 Å². The van der Waals surface area contributed by atoms with Crippen LogP contribution in [0.15, 0.2) is 21.1 Å². The predicted octanol–water partition coefficient (Wildman–Crippen LogP) is 4.53. The molecule has 0 saturated heterocycles. The third-order valence-corrected chi connectivity index (χ3v) is 4.83. The Bertz CT molecular complexity index is 726. The maximum Gasteiger partial charge on any atom is 0.389 e. The second-order valence-electron chi connectivity index (χ2n) is 6.18. The molecule has 0 bridgehead atoms. The summed E-state index contributed by atoms with van der Waals surface area (Å²) < 4.78 is 37.2. The number of esters is 1. The Morgan fingerprint density at radius 3 is 2.11 bits per heavy atom. The molecule has 1 rings (SSSR count). The highest BCUT2D eigenvalue weighted by atomic mass is 79.9. The molecular weight excluding hydrogens is 518 g/mol. The van der Waals surface area contributed by atoms with E-state index < -0.39 is 34.3 Å². The number of aliphatic carboxylic acids is 1. The van der Waals surface area contributed by atoms with E-state index in [-0.39, 0.29) is 29.7 Å². The Morgan fingerprint density at radius 1 is 1.15 bits per heavy atom. The molecular formula is C16H16Br2F2O6S. The van der Waals surface area contributed by atoms with Crippen molar-refractivity contribution in [2.45, 2.75) is 31.6 Å². The molecule has 11 heteroatoms. The smallest absolute Gasteiger partial charge is 0.389 e. The minimum Gasteiger partial charge on any atom is -0.480 e. The van der Waals surface area contributed by atoms with Crippen molar-refractivity contribution in [3.05, 3.63) is 26.6 Å². The average Bonchev–Trinajstić information content (AvgIpc) is 2.49. The van der Waals surface area contributed by atoms with Gasteiger partial charge < -0.3 is 14.6 Å². The highest BCUT2D eigenvalue weighted by molar-refractivity contribution is 9.11. The lowest BCUT2D eigenvalue weighted by molar-refractivity contribution is -0.157. The molecule has 1 aromatic rings. The van der Waals surface area contributed by atoms with Gasteiger partial charge >= 0.3 is 17.2 Å². The van der Waals surface area contributed by atoms with Crippen molar-refractivity contribution in [2.75, 3.05) is 12.4 Å². The number of hydrogen-bond donors (Lipinski definition) is 1. The first-order chi connectivity index (χ1) is 12.2. The number of carboxylic acids is 1. The van der Waals surface area contributed by atoms with Crippen LogP contribution in [0.1, 0.15) is 31.1 Å². The summed E-state index contributed by atoms with van der Waals surface area (Å²) in [5, 5.41) is 4.32. The summed E-state index contributed by atoms with van der Waals surface area (Å²) >= 11 is 6.09. The summed E-state index contributed by atoms with van der Waals surface area (Å²) in [6, 6.07) is 2.66. The van der Waals surface area contributed by atoms with Gasteiger partial charge in [-0.15, -0.1) is 0 Å². The summed E-state index contributed by atoms with van der Waals surface area (Å²) in [6.45, 7) is 4.76. The zero-order valence-corrected chi connectivity index (χ0v) is 18.5. The lowest BCUT2D eigenvalue weighted by atomic mass is 10.1. The van der Waals surface area contributed by atoms with Gasteiger partial charge in [-0.25, -0.2) is 9.59 Å². The molecule has 0 radical (unpaired) electrons. The summed E-state index contributed by atoms with van der Waals surface area (Å²) in [5.41, 5.74) is -0.604. The van der Waals surface area contributed by atoms with E-state index in [0.717, 1.165) is 0 Å². The van der Waals surface area contributed by atoms with E-state index in [1.807, 2.05) is 0 Å². The minimum atomic E-state index is -4.05. The van der Waals surface area contributed by atoms with Crippen LogP contribution in [-0.4, -0.2) is 46.0 Å². The van der Waals surface area contributed by atoms with Gasteiger partial charge in [-0.1, -0.05) is 11.8 Å². The molecule has 1 N–H and O–H groups in total. The Morgan fingerprint density at radius 2 is 1.67 bits per heavy atom. The van der Waals surface area contributed by atoms with E-state index in [1.165, 1.54) is 12.1 Å². The number of ether oxygens (including phenoxy) is 2. The van der Waals surface area contributed by atoms with E-state index in [2.05, 4.69) is 31.9 Å². The van der Waals surface area contributed by atoms with Gasteiger partial charge in [-0.3, -0.25) is 4.79 Å². The largest absolute Gasteiger partial charge is 0.480 e. The Hall–Kier alpha value is -1.20. The van der Waals surface area contributed by atoms with Crippen molar-refractivity contribution < 1.29 is 37.7 Å². The number of Topliss-reactive ketones (excluding diaryl/α,β-unsaturated/α-hetero) is 1. The van der Waals surface area contributed by atoms with Crippen LogP contribution in [0.2, 0.25) is 0 Å². The lowest BCUT2D eigenvalue weighted by Crippen LogP contribution is -2.27. The second-order valence-corrected chi connectivity index (χ2v) is 8.98. The summed E-state index contributed by atoms with van der Waals surface area (Å²) in [4.78, 5) is 34.1. The van der Waals surface area contributed by atoms with Crippen molar-refractivity contribution in [1.29, 1.82) is 0 Å². The van der Waals surface area contributed by atoms with Crippen molar-refractivity contribution in [3.63, 3.8) is 0 Å². The van der Waals surface area contributed by atoms with Crippen LogP contribution >= 0.6 is 43.6 Å². The number of thioether (sulfide) groups is 1. The molecule has 0 unspecified atom stereocenters. The van der Waals surface area contributed by atoms with Crippen LogP contribution in [0.3, 0.4) is 0 Å². The minimum absolute atomic E-state index is 0.0621.